The maximum Gasteiger partial charge on any atom is 0.295 e. The fourth-order valence-corrected chi connectivity index (χ4v) is 2.25. The van der Waals surface area contributed by atoms with Crippen LogP contribution in [-0.2, 0) is 0 Å². The van der Waals surface area contributed by atoms with Crippen LogP contribution in [-0.4, -0.2) is 23.1 Å². The monoisotopic (exact) mass is 306 g/mol. The zero-order valence-corrected chi connectivity index (χ0v) is 11.7. The predicted octanol–water partition coefficient (Wildman–Crippen LogP) is 3.47. The Kier molecular flexibility index (Phi) is 3.62. The van der Waals surface area contributed by atoms with Gasteiger partial charge in [-0.05, 0) is 24.3 Å². The molecule has 1 aliphatic heterocycles. The summed E-state index contributed by atoms with van der Waals surface area (Å²) in [5.41, 5.74) is 0.672. The van der Waals surface area contributed by atoms with Crippen molar-refractivity contribution < 1.29 is 14.4 Å². The van der Waals surface area contributed by atoms with Crippen molar-refractivity contribution in [2.75, 3.05) is 13.2 Å². The highest BCUT2D eigenvalue weighted by atomic mass is 35.5. The van der Waals surface area contributed by atoms with E-state index in [9.17, 15) is 10.1 Å². The van der Waals surface area contributed by atoms with Crippen LogP contribution in [0.4, 0.5) is 5.69 Å². The van der Waals surface area contributed by atoms with Crippen molar-refractivity contribution in [3.8, 4) is 22.8 Å². The van der Waals surface area contributed by atoms with E-state index in [0.29, 0.717) is 30.3 Å². The molecule has 0 spiro atoms. The van der Waals surface area contributed by atoms with Crippen LogP contribution in [0.2, 0.25) is 5.15 Å². The summed E-state index contributed by atoms with van der Waals surface area (Å²) in [7, 11) is 0. The molecule has 0 unspecified atom stereocenters. The van der Waals surface area contributed by atoms with Gasteiger partial charge in [-0.15, -0.1) is 0 Å². The van der Waals surface area contributed by atoms with Crippen LogP contribution >= 0.6 is 11.6 Å². The van der Waals surface area contributed by atoms with Gasteiger partial charge < -0.3 is 9.47 Å². The van der Waals surface area contributed by atoms with Crippen molar-refractivity contribution in [3.63, 3.8) is 0 Å². The Labute approximate surface area is 125 Å². The second-order valence-electron chi connectivity index (χ2n) is 4.47. The third-order valence-electron chi connectivity index (χ3n) is 3.06. The molecule has 0 fully saturated rings. The predicted molar refractivity (Wildman–Crippen MR) is 76.9 cm³/mol. The van der Waals surface area contributed by atoms with Gasteiger partial charge in [0.2, 0.25) is 0 Å². The number of hydrogen-bond donors (Lipinski definition) is 0. The van der Waals surface area contributed by atoms with Crippen molar-refractivity contribution in [1.29, 1.82) is 0 Å². The topological polar surface area (TPSA) is 74.5 Å². The Hall–Kier alpha value is -2.34. The minimum absolute atomic E-state index is 0.103. The molecular weight excluding hydrogens is 296 g/mol. The summed E-state index contributed by atoms with van der Waals surface area (Å²) in [5, 5.41) is 11.3. The van der Waals surface area contributed by atoms with E-state index in [-0.39, 0.29) is 16.5 Å². The molecule has 2 aromatic rings. The van der Waals surface area contributed by atoms with Gasteiger partial charge in [-0.2, -0.15) is 0 Å². The summed E-state index contributed by atoms with van der Waals surface area (Å²) in [5.74, 6) is 1.18. The molecule has 6 nitrogen and oxygen atoms in total. The SMILES string of the molecule is O=[N+]([O-])c1ccc(Cl)nc1-c1ccc2c(c1)OCCCO2. The van der Waals surface area contributed by atoms with Gasteiger partial charge in [-0.25, -0.2) is 4.98 Å². The minimum atomic E-state index is -0.484. The lowest BCUT2D eigenvalue weighted by Crippen LogP contribution is -1.97. The first-order chi connectivity index (χ1) is 10.1. The van der Waals surface area contributed by atoms with Crippen molar-refractivity contribution >= 4 is 17.3 Å². The summed E-state index contributed by atoms with van der Waals surface area (Å²) in [6.07, 6.45) is 0.791. The van der Waals surface area contributed by atoms with E-state index >= 15 is 0 Å². The molecule has 0 saturated carbocycles. The lowest BCUT2D eigenvalue weighted by atomic mass is 10.1. The molecule has 2 heterocycles. The van der Waals surface area contributed by atoms with Gasteiger partial charge in [0.15, 0.2) is 11.5 Å². The van der Waals surface area contributed by atoms with E-state index in [4.69, 9.17) is 21.1 Å². The summed E-state index contributed by atoms with van der Waals surface area (Å²) < 4.78 is 11.1. The maximum atomic E-state index is 11.1. The molecular formula is C14H11ClN2O4. The number of aromatic nitrogens is 1. The Bertz CT molecular complexity index is 705. The molecule has 1 aliphatic rings. The van der Waals surface area contributed by atoms with Gasteiger partial charge in [0.05, 0.1) is 18.1 Å². The van der Waals surface area contributed by atoms with E-state index < -0.39 is 4.92 Å². The van der Waals surface area contributed by atoms with E-state index in [0.717, 1.165) is 6.42 Å². The number of halogens is 1. The smallest absolute Gasteiger partial charge is 0.295 e. The lowest BCUT2D eigenvalue weighted by molar-refractivity contribution is -0.384. The van der Waals surface area contributed by atoms with Crippen LogP contribution in [0, 0.1) is 10.1 Å². The summed E-state index contributed by atoms with van der Waals surface area (Å²) in [6, 6.07) is 7.85. The van der Waals surface area contributed by atoms with E-state index in [1.165, 1.54) is 12.1 Å². The zero-order chi connectivity index (χ0) is 14.8. The van der Waals surface area contributed by atoms with Crippen LogP contribution in [0.15, 0.2) is 30.3 Å². The van der Waals surface area contributed by atoms with Crippen molar-refractivity contribution in [2.24, 2.45) is 0 Å². The number of benzene rings is 1. The van der Waals surface area contributed by atoms with Crippen LogP contribution in [0.5, 0.6) is 11.5 Å². The van der Waals surface area contributed by atoms with Crippen LogP contribution < -0.4 is 9.47 Å². The maximum absolute atomic E-state index is 11.1. The van der Waals surface area contributed by atoms with Crippen LogP contribution in [0.1, 0.15) is 6.42 Å². The average Bonchev–Trinajstić information content (AvgIpc) is 2.71. The van der Waals surface area contributed by atoms with Gasteiger partial charge >= 0.3 is 0 Å². The molecule has 0 amide bonds. The van der Waals surface area contributed by atoms with Crippen LogP contribution in [0.25, 0.3) is 11.3 Å². The van der Waals surface area contributed by atoms with Gasteiger partial charge in [0, 0.05) is 18.1 Å². The van der Waals surface area contributed by atoms with Crippen LogP contribution in [0.3, 0.4) is 0 Å². The minimum Gasteiger partial charge on any atom is -0.490 e. The Morgan fingerprint density at radius 2 is 1.90 bits per heavy atom. The first kappa shape index (κ1) is 13.6. The normalized spacial score (nSPS) is 13.6. The number of ether oxygens (including phenoxy) is 2. The number of nitrogens with zero attached hydrogens (tertiary/aromatic N) is 2. The van der Waals surface area contributed by atoms with Gasteiger partial charge in [0.1, 0.15) is 10.8 Å². The first-order valence-corrected chi connectivity index (χ1v) is 6.74. The van der Waals surface area contributed by atoms with E-state index in [2.05, 4.69) is 4.98 Å². The lowest BCUT2D eigenvalue weighted by Gasteiger charge is -2.09. The van der Waals surface area contributed by atoms with Crippen molar-refractivity contribution in [1.82, 2.24) is 4.98 Å². The molecule has 3 rings (SSSR count). The largest absolute Gasteiger partial charge is 0.490 e. The number of nitro groups is 1. The molecule has 108 valence electrons. The molecule has 0 bridgehead atoms. The number of pyridine rings is 1. The van der Waals surface area contributed by atoms with E-state index in [1.54, 1.807) is 18.2 Å². The average molecular weight is 307 g/mol. The molecule has 1 aromatic carbocycles. The Balaban J connectivity index is 2.10. The molecule has 21 heavy (non-hydrogen) atoms. The third kappa shape index (κ3) is 2.75. The number of hydrogen-bond acceptors (Lipinski definition) is 5. The first-order valence-electron chi connectivity index (χ1n) is 6.36. The fourth-order valence-electron chi connectivity index (χ4n) is 2.10. The third-order valence-corrected chi connectivity index (χ3v) is 3.27. The van der Waals surface area contributed by atoms with Gasteiger partial charge in [-0.3, -0.25) is 10.1 Å². The molecule has 1 aromatic heterocycles. The highest BCUT2D eigenvalue weighted by molar-refractivity contribution is 6.29. The quantitative estimate of drug-likeness (QED) is 0.482. The van der Waals surface area contributed by atoms with Gasteiger partial charge in [0.25, 0.3) is 5.69 Å². The molecule has 0 aliphatic carbocycles. The summed E-state index contributed by atoms with van der Waals surface area (Å²) in [4.78, 5) is 14.7. The number of fused-ring (bicyclic) bond motifs is 1. The highest BCUT2D eigenvalue weighted by Crippen LogP contribution is 2.36. The molecule has 0 saturated heterocycles. The second kappa shape index (κ2) is 5.57. The van der Waals surface area contributed by atoms with Gasteiger partial charge in [-0.1, -0.05) is 11.6 Å². The fraction of sp³-hybridized carbons (Fsp3) is 0.214. The molecule has 0 atom stereocenters. The summed E-state index contributed by atoms with van der Waals surface area (Å²) >= 11 is 5.85. The molecule has 7 heteroatoms. The zero-order valence-electron chi connectivity index (χ0n) is 10.9. The van der Waals surface area contributed by atoms with Crippen molar-refractivity contribution in [2.45, 2.75) is 6.42 Å². The Morgan fingerprint density at radius 3 is 2.67 bits per heavy atom. The number of rotatable bonds is 2. The summed E-state index contributed by atoms with van der Waals surface area (Å²) in [6.45, 7) is 1.13. The Morgan fingerprint density at radius 1 is 1.14 bits per heavy atom. The molecule has 0 radical (unpaired) electrons. The highest BCUT2D eigenvalue weighted by Gasteiger charge is 2.20. The second-order valence-corrected chi connectivity index (χ2v) is 4.86. The standard InChI is InChI=1S/C14H11ClN2O4/c15-13-5-3-10(17(18)19)14(16-13)9-2-4-11-12(8-9)21-7-1-6-20-11/h2-5,8H,1,6-7H2. The molecule has 0 N–H and O–H groups in total. The van der Waals surface area contributed by atoms with E-state index in [1.807, 2.05) is 0 Å². The van der Waals surface area contributed by atoms with Crippen molar-refractivity contribution in [3.05, 3.63) is 45.6 Å².